The van der Waals surface area contributed by atoms with E-state index in [2.05, 4.69) is 10.2 Å². The number of hydrogen-bond donors (Lipinski definition) is 2. The number of nitrogens with two attached hydrogens (primary N) is 1. The average Bonchev–Trinajstić information content (AvgIpc) is 2.86. The van der Waals surface area contributed by atoms with Gasteiger partial charge in [0.1, 0.15) is 0 Å². The maximum Gasteiger partial charge on any atom is 0.243 e. The van der Waals surface area contributed by atoms with Gasteiger partial charge in [0.05, 0.1) is 16.3 Å². The Morgan fingerprint density at radius 1 is 0.886 bits per heavy atom. The summed E-state index contributed by atoms with van der Waals surface area (Å²) in [6, 6.07) is 12.9. The number of anilines is 2. The van der Waals surface area contributed by atoms with Gasteiger partial charge in [-0.2, -0.15) is 4.31 Å². The van der Waals surface area contributed by atoms with Crippen molar-refractivity contribution in [1.82, 2.24) is 4.31 Å². The van der Waals surface area contributed by atoms with E-state index in [1.54, 1.807) is 12.1 Å². The summed E-state index contributed by atoms with van der Waals surface area (Å²) in [5, 5.41) is 3.07. The van der Waals surface area contributed by atoms with Gasteiger partial charge in [0, 0.05) is 38.0 Å². The van der Waals surface area contributed by atoms with Gasteiger partial charge in [-0.1, -0.05) is 18.2 Å². The second kappa shape index (κ2) is 10.4. The summed E-state index contributed by atoms with van der Waals surface area (Å²) in [5.41, 5.74) is 9.12. The molecule has 188 valence electrons. The summed E-state index contributed by atoms with van der Waals surface area (Å²) < 4.78 is 27.7. The molecule has 0 aliphatic carbocycles. The molecule has 0 unspecified atom stereocenters. The van der Waals surface area contributed by atoms with Crippen LogP contribution in [-0.2, 0) is 19.6 Å². The van der Waals surface area contributed by atoms with Crippen LogP contribution in [0.25, 0.3) is 0 Å². The van der Waals surface area contributed by atoms with E-state index in [1.165, 1.54) is 4.31 Å². The smallest absolute Gasteiger partial charge is 0.243 e. The molecule has 2 aliphatic heterocycles. The molecule has 2 saturated heterocycles. The van der Waals surface area contributed by atoms with Gasteiger partial charge in [-0.3, -0.25) is 9.59 Å². The number of carbonyl (C=O) groups is 2. The Balaban J connectivity index is 1.38. The van der Waals surface area contributed by atoms with Crippen LogP contribution in [-0.4, -0.2) is 50.7 Å². The topological polar surface area (TPSA) is 113 Å². The van der Waals surface area contributed by atoms with Crippen molar-refractivity contribution in [3.63, 3.8) is 0 Å². The largest absolute Gasteiger partial charge is 0.370 e. The predicted octanol–water partition coefficient (Wildman–Crippen LogP) is 3.04. The van der Waals surface area contributed by atoms with Crippen LogP contribution in [0.3, 0.4) is 0 Å². The Kier molecular flexibility index (Phi) is 7.47. The number of sulfonamides is 1. The monoisotopic (exact) mass is 498 g/mol. The minimum absolute atomic E-state index is 0.0901. The number of rotatable bonds is 6. The fraction of sp³-hybridized carbons (Fsp3) is 0.462. The maximum absolute atomic E-state index is 13.1. The first-order chi connectivity index (χ1) is 16.7. The van der Waals surface area contributed by atoms with Crippen LogP contribution in [0.1, 0.15) is 36.8 Å². The lowest BCUT2D eigenvalue weighted by molar-refractivity contribution is -0.122. The second-order valence-electron chi connectivity index (χ2n) is 9.59. The number of piperidine rings is 2. The zero-order valence-corrected chi connectivity index (χ0v) is 21.2. The van der Waals surface area contributed by atoms with Crippen LogP contribution >= 0.6 is 0 Å². The van der Waals surface area contributed by atoms with Crippen molar-refractivity contribution >= 4 is 33.2 Å². The highest BCUT2D eigenvalue weighted by Crippen LogP contribution is 2.31. The van der Waals surface area contributed by atoms with E-state index in [0.717, 1.165) is 22.5 Å². The zero-order chi connectivity index (χ0) is 25.2. The molecule has 2 fully saturated rings. The first-order valence-corrected chi connectivity index (χ1v) is 13.6. The van der Waals surface area contributed by atoms with E-state index < -0.39 is 10.0 Å². The number of nitrogens with one attached hydrogen (secondary N) is 1. The third kappa shape index (κ3) is 5.51. The van der Waals surface area contributed by atoms with Crippen LogP contribution in [0.4, 0.5) is 11.4 Å². The Bertz CT molecular complexity index is 1200. The predicted molar refractivity (Wildman–Crippen MR) is 137 cm³/mol. The molecular weight excluding hydrogens is 464 g/mol. The summed E-state index contributed by atoms with van der Waals surface area (Å²) in [4.78, 5) is 27.1. The van der Waals surface area contributed by atoms with E-state index in [-0.39, 0.29) is 23.7 Å². The van der Waals surface area contributed by atoms with E-state index in [0.29, 0.717) is 56.8 Å². The molecule has 0 bridgehead atoms. The van der Waals surface area contributed by atoms with Gasteiger partial charge < -0.3 is 16.0 Å². The number of carbonyl (C=O) groups excluding carboxylic acids is 2. The molecule has 3 N–H and O–H groups in total. The molecule has 8 nitrogen and oxygen atoms in total. The number of benzene rings is 2. The van der Waals surface area contributed by atoms with Crippen molar-refractivity contribution in [2.24, 2.45) is 17.6 Å². The van der Waals surface area contributed by atoms with E-state index in [9.17, 15) is 18.0 Å². The molecule has 2 aliphatic rings. The number of primary amides is 1. The van der Waals surface area contributed by atoms with Crippen LogP contribution in [0.15, 0.2) is 47.4 Å². The van der Waals surface area contributed by atoms with Gasteiger partial charge in [0.25, 0.3) is 0 Å². The highest BCUT2D eigenvalue weighted by molar-refractivity contribution is 7.89. The third-order valence-corrected chi connectivity index (χ3v) is 9.24. The lowest BCUT2D eigenvalue weighted by Crippen LogP contribution is -2.41. The van der Waals surface area contributed by atoms with E-state index in [1.807, 2.05) is 44.2 Å². The van der Waals surface area contributed by atoms with Crippen LogP contribution in [0.5, 0.6) is 0 Å². The quantitative estimate of drug-likeness (QED) is 0.636. The van der Waals surface area contributed by atoms with Gasteiger partial charge in [0.15, 0.2) is 0 Å². The fourth-order valence-corrected chi connectivity index (χ4v) is 6.43. The molecule has 0 saturated carbocycles. The summed E-state index contributed by atoms with van der Waals surface area (Å²) in [5.74, 6) is -0.696. The number of para-hydroxylation sites is 2. The van der Waals surface area contributed by atoms with E-state index in [4.69, 9.17) is 5.73 Å². The van der Waals surface area contributed by atoms with Gasteiger partial charge in [-0.05, 0) is 74.9 Å². The molecule has 0 atom stereocenters. The highest BCUT2D eigenvalue weighted by Gasteiger charge is 2.33. The SMILES string of the molecule is Cc1ccc(S(=O)(=O)N2CCC(C(=O)Nc3ccccc3N3CCC(C(N)=O)CC3)CC2)cc1C. The Morgan fingerprint density at radius 2 is 1.51 bits per heavy atom. The lowest BCUT2D eigenvalue weighted by Gasteiger charge is -2.34. The molecule has 2 amide bonds. The molecule has 35 heavy (non-hydrogen) atoms. The molecule has 9 heteroatoms. The van der Waals surface area contributed by atoms with Crippen molar-refractivity contribution in [1.29, 1.82) is 0 Å². The van der Waals surface area contributed by atoms with Gasteiger partial charge in [-0.25, -0.2) is 8.42 Å². The molecule has 2 aromatic rings. The maximum atomic E-state index is 13.1. The molecular formula is C26H34N4O4S. The van der Waals surface area contributed by atoms with Crippen molar-refractivity contribution < 1.29 is 18.0 Å². The normalized spacial score (nSPS) is 18.4. The number of nitrogens with zero attached hydrogens (tertiary/aromatic N) is 2. The highest BCUT2D eigenvalue weighted by atomic mass is 32.2. The minimum atomic E-state index is -3.58. The molecule has 4 rings (SSSR count). The summed E-state index contributed by atoms with van der Waals surface area (Å²) in [6.07, 6.45) is 2.35. The van der Waals surface area contributed by atoms with Crippen LogP contribution in [0.2, 0.25) is 0 Å². The summed E-state index contributed by atoms with van der Waals surface area (Å²) >= 11 is 0. The van der Waals surface area contributed by atoms with Gasteiger partial charge >= 0.3 is 0 Å². The van der Waals surface area contributed by atoms with Crippen molar-refractivity contribution in [2.75, 3.05) is 36.4 Å². The fourth-order valence-electron chi connectivity index (χ4n) is 4.88. The summed E-state index contributed by atoms with van der Waals surface area (Å²) in [7, 11) is -3.58. The van der Waals surface area contributed by atoms with Gasteiger partial charge in [-0.15, -0.1) is 0 Å². The third-order valence-electron chi connectivity index (χ3n) is 7.34. The second-order valence-corrected chi connectivity index (χ2v) is 11.5. The van der Waals surface area contributed by atoms with Crippen molar-refractivity contribution in [3.8, 4) is 0 Å². The number of aryl methyl sites for hydroxylation is 2. The Labute approximate surface area is 207 Å². The first-order valence-electron chi connectivity index (χ1n) is 12.2. The lowest BCUT2D eigenvalue weighted by atomic mass is 9.95. The van der Waals surface area contributed by atoms with Crippen LogP contribution < -0.4 is 16.0 Å². The first kappa shape index (κ1) is 25.2. The van der Waals surface area contributed by atoms with Crippen molar-refractivity contribution in [3.05, 3.63) is 53.6 Å². The zero-order valence-electron chi connectivity index (χ0n) is 20.4. The average molecular weight is 499 g/mol. The molecule has 0 aromatic heterocycles. The minimum Gasteiger partial charge on any atom is -0.370 e. The van der Waals surface area contributed by atoms with Gasteiger partial charge in [0.2, 0.25) is 21.8 Å². The number of amides is 2. The van der Waals surface area contributed by atoms with Crippen molar-refractivity contribution in [2.45, 2.75) is 44.4 Å². The standard InChI is InChI=1S/C26H34N4O4S/c1-18-7-8-22(17-19(18)2)35(33,34)30-15-11-21(12-16-30)26(32)28-23-5-3-4-6-24(23)29-13-9-20(10-14-29)25(27)31/h3-8,17,20-21H,9-16H2,1-2H3,(H2,27,31)(H,28,32). The number of hydrogen-bond acceptors (Lipinski definition) is 5. The molecule has 0 spiro atoms. The molecule has 2 heterocycles. The molecule has 2 aromatic carbocycles. The Morgan fingerprint density at radius 3 is 2.14 bits per heavy atom. The van der Waals surface area contributed by atoms with E-state index >= 15 is 0 Å². The van der Waals surface area contributed by atoms with Crippen LogP contribution in [0, 0.1) is 25.7 Å². The summed E-state index contributed by atoms with van der Waals surface area (Å²) in [6.45, 7) is 5.90. The molecule has 0 radical (unpaired) electrons. The Hall–Kier alpha value is -2.91.